The van der Waals surface area contributed by atoms with Crippen molar-refractivity contribution >= 4 is 28.1 Å². The molecule has 0 spiro atoms. The summed E-state index contributed by atoms with van der Waals surface area (Å²) in [5, 5.41) is 14.8. The molecule has 2 rings (SSSR count). The van der Waals surface area contributed by atoms with Crippen molar-refractivity contribution in [2.24, 2.45) is 0 Å². The molecule has 0 aliphatic heterocycles. The lowest BCUT2D eigenvalue weighted by molar-refractivity contribution is -0.117. The van der Waals surface area contributed by atoms with E-state index in [2.05, 4.69) is 20.8 Å². The van der Waals surface area contributed by atoms with Gasteiger partial charge < -0.3 is 5.32 Å². The molecular formula is C14H17FN4OS. The Bertz CT molecular complexity index is 617. The highest BCUT2D eigenvalue weighted by molar-refractivity contribution is 7.15. The number of aromatic nitrogens is 2. The number of aryl methyl sites for hydroxylation is 1. The lowest BCUT2D eigenvalue weighted by Crippen LogP contribution is -2.34. The molecular weight excluding hydrogens is 291 g/mol. The molecule has 21 heavy (non-hydrogen) atoms. The van der Waals surface area contributed by atoms with Gasteiger partial charge in [0.2, 0.25) is 11.0 Å². The summed E-state index contributed by atoms with van der Waals surface area (Å²) < 4.78 is 13.6. The van der Waals surface area contributed by atoms with Crippen molar-refractivity contribution in [3.63, 3.8) is 0 Å². The third kappa shape index (κ3) is 3.98. The second kappa shape index (κ2) is 7.12. The topological polar surface area (TPSA) is 66.9 Å². The Morgan fingerprint density at radius 3 is 2.71 bits per heavy atom. The third-order valence-electron chi connectivity index (χ3n) is 2.93. The zero-order valence-electron chi connectivity index (χ0n) is 11.9. The van der Waals surface area contributed by atoms with E-state index >= 15 is 0 Å². The molecule has 0 aliphatic carbocycles. The molecule has 5 nitrogen and oxygen atoms in total. The van der Waals surface area contributed by atoms with Gasteiger partial charge in [-0.2, -0.15) is 0 Å². The fourth-order valence-corrected chi connectivity index (χ4v) is 2.44. The average Bonchev–Trinajstić information content (AvgIpc) is 2.94. The fraction of sp³-hybridized carbons (Fsp3) is 0.357. The van der Waals surface area contributed by atoms with Crippen molar-refractivity contribution in [2.75, 3.05) is 10.6 Å². The maximum Gasteiger partial charge on any atom is 0.248 e. The second-order valence-corrected chi connectivity index (χ2v) is 5.49. The van der Waals surface area contributed by atoms with Crippen LogP contribution in [0.2, 0.25) is 0 Å². The quantitative estimate of drug-likeness (QED) is 0.860. The zero-order valence-corrected chi connectivity index (χ0v) is 12.7. The molecule has 0 bridgehead atoms. The van der Waals surface area contributed by atoms with E-state index in [0.29, 0.717) is 17.2 Å². The summed E-state index contributed by atoms with van der Waals surface area (Å²) in [6.45, 7) is 3.83. The molecule has 1 amide bonds. The molecule has 112 valence electrons. The monoisotopic (exact) mass is 308 g/mol. The van der Waals surface area contributed by atoms with Crippen molar-refractivity contribution in [3.05, 3.63) is 35.1 Å². The van der Waals surface area contributed by atoms with E-state index < -0.39 is 6.04 Å². The summed E-state index contributed by atoms with van der Waals surface area (Å²) in [4.78, 5) is 12.2. The van der Waals surface area contributed by atoms with Crippen LogP contribution in [0.15, 0.2) is 24.3 Å². The molecule has 7 heteroatoms. The van der Waals surface area contributed by atoms with E-state index in [0.717, 1.165) is 11.4 Å². The first-order chi connectivity index (χ1) is 10.1. The van der Waals surface area contributed by atoms with Gasteiger partial charge >= 0.3 is 0 Å². The summed E-state index contributed by atoms with van der Waals surface area (Å²) >= 11 is 1.34. The van der Waals surface area contributed by atoms with Gasteiger partial charge in [0.15, 0.2) is 0 Å². The van der Waals surface area contributed by atoms with Crippen LogP contribution < -0.4 is 10.6 Å². The summed E-state index contributed by atoms with van der Waals surface area (Å²) in [6, 6.07) is 5.75. The van der Waals surface area contributed by atoms with Crippen molar-refractivity contribution in [3.8, 4) is 0 Å². The van der Waals surface area contributed by atoms with Gasteiger partial charge in [-0.3, -0.25) is 10.1 Å². The SMILES string of the molecule is CCc1nnc(NC(=O)[C@@H](CC)Nc2ccccc2F)s1. The van der Waals surface area contributed by atoms with Crippen molar-refractivity contribution in [1.82, 2.24) is 10.2 Å². The number of carbonyl (C=O) groups excluding carboxylic acids is 1. The van der Waals surface area contributed by atoms with Gasteiger partial charge in [-0.05, 0) is 25.0 Å². The Morgan fingerprint density at radius 1 is 1.33 bits per heavy atom. The van der Waals surface area contributed by atoms with Crippen LogP contribution in [0.5, 0.6) is 0 Å². The molecule has 0 fully saturated rings. The maximum atomic E-state index is 13.6. The number of rotatable bonds is 6. The summed E-state index contributed by atoms with van der Waals surface area (Å²) in [5.74, 6) is -0.632. The summed E-state index contributed by atoms with van der Waals surface area (Å²) in [6.07, 6.45) is 1.30. The lowest BCUT2D eigenvalue weighted by Gasteiger charge is -2.17. The van der Waals surface area contributed by atoms with Crippen molar-refractivity contribution in [1.29, 1.82) is 0 Å². The number of nitrogens with zero attached hydrogens (tertiary/aromatic N) is 2. The largest absolute Gasteiger partial charge is 0.371 e. The van der Waals surface area contributed by atoms with E-state index in [1.54, 1.807) is 18.2 Å². The molecule has 1 aromatic carbocycles. The number of benzene rings is 1. The Kier molecular flexibility index (Phi) is 5.21. The van der Waals surface area contributed by atoms with Crippen LogP contribution in [0.1, 0.15) is 25.3 Å². The molecule has 1 heterocycles. The van der Waals surface area contributed by atoms with Gasteiger partial charge in [-0.15, -0.1) is 10.2 Å². The number of hydrogen-bond acceptors (Lipinski definition) is 5. The van der Waals surface area contributed by atoms with Gasteiger partial charge in [0.1, 0.15) is 16.9 Å². The molecule has 1 aromatic heterocycles. The fourth-order valence-electron chi connectivity index (χ4n) is 1.76. The number of para-hydroxylation sites is 1. The van der Waals surface area contributed by atoms with Crippen LogP contribution >= 0.6 is 11.3 Å². The van der Waals surface area contributed by atoms with E-state index in [4.69, 9.17) is 0 Å². The predicted octanol–water partition coefficient (Wildman–Crippen LogP) is 3.07. The van der Waals surface area contributed by atoms with E-state index in [-0.39, 0.29) is 11.7 Å². The first kappa shape index (κ1) is 15.4. The van der Waals surface area contributed by atoms with Gasteiger partial charge in [-0.1, -0.05) is 37.3 Å². The molecule has 1 atom stereocenters. The molecule has 2 N–H and O–H groups in total. The van der Waals surface area contributed by atoms with Gasteiger partial charge in [0.25, 0.3) is 0 Å². The number of amides is 1. The average molecular weight is 308 g/mol. The number of carbonyl (C=O) groups is 1. The van der Waals surface area contributed by atoms with Crippen LogP contribution in [0, 0.1) is 5.82 Å². The van der Waals surface area contributed by atoms with Crippen LogP contribution in [-0.2, 0) is 11.2 Å². The molecule has 0 saturated heterocycles. The number of halogens is 1. The zero-order chi connectivity index (χ0) is 15.2. The van der Waals surface area contributed by atoms with Crippen LogP contribution in [0.4, 0.5) is 15.2 Å². The molecule has 0 aliphatic rings. The van der Waals surface area contributed by atoms with Crippen LogP contribution in [0.25, 0.3) is 0 Å². The first-order valence-electron chi connectivity index (χ1n) is 6.78. The van der Waals surface area contributed by atoms with Crippen LogP contribution in [0.3, 0.4) is 0 Å². The van der Waals surface area contributed by atoms with Crippen LogP contribution in [-0.4, -0.2) is 22.1 Å². The Morgan fingerprint density at radius 2 is 2.10 bits per heavy atom. The van der Waals surface area contributed by atoms with Crippen molar-refractivity contribution in [2.45, 2.75) is 32.7 Å². The lowest BCUT2D eigenvalue weighted by atomic mass is 10.2. The Hall–Kier alpha value is -2.02. The highest BCUT2D eigenvalue weighted by Gasteiger charge is 2.19. The van der Waals surface area contributed by atoms with Gasteiger partial charge in [0, 0.05) is 0 Å². The highest BCUT2D eigenvalue weighted by atomic mass is 32.1. The maximum absolute atomic E-state index is 13.6. The summed E-state index contributed by atoms with van der Waals surface area (Å²) in [7, 11) is 0. The number of hydrogen-bond donors (Lipinski definition) is 2. The van der Waals surface area contributed by atoms with E-state index in [1.807, 2.05) is 13.8 Å². The Labute approximate surface area is 126 Å². The standard InChI is InChI=1S/C14H17FN4OS/c1-3-10(16-11-8-6-5-7-9(11)15)13(20)17-14-19-18-12(4-2)21-14/h5-8,10,16H,3-4H2,1-2H3,(H,17,19,20)/t10-/m1/s1. The highest BCUT2D eigenvalue weighted by Crippen LogP contribution is 2.18. The second-order valence-electron chi connectivity index (χ2n) is 4.43. The Balaban J connectivity index is 2.03. The van der Waals surface area contributed by atoms with Crippen molar-refractivity contribution < 1.29 is 9.18 Å². The summed E-state index contributed by atoms with van der Waals surface area (Å²) in [5.41, 5.74) is 0.311. The van der Waals surface area contributed by atoms with E-state index in [9.17, 15) is 9.18 Å². The first-order valence-corrected chi connectivity index (χ1v) is 7.60. The predicted molar refractivity (Wildman–Crippen MR) is 82.0 cm³/mol. The number of anilines is 2. The minimum atomic E-state index is -0.532. The minimum absolute atomic E-state index is 0.250. The molecule has 2 aromatic rings. The smallest absolute Gasteiger partial charge is 0.248 e. The van der Waals surface area contributed by atoms with E-state index in [1.165, 1.54) is 17.4 Å². The normalized spacial score (nSPS) is 12.0. The third-order valence-corrected chi connectivity index (χ3v) is 3.91. The number of nitrogens with one attached hydrogen (secondary N) is 2. The van der Waals surface area contributed by atoms with Gasteiger partial charge in [0.05, 0.1) is 5.69 Å². The molecule has 0 radical (unpaired) electrons. The molecule has 0 unspecified atom stereocenters. The minimum Gasteiger partial charge on any atom is -0.371 e. The molecule has 0 saturated carbocycles. The van der Waals surface area contributed by atoms with Gasteiger partial charge in [-0.25, -0.2) is 4.39 Å².